The molecule has 1 unspecified atom stereocenters. The van der Waals surface area contributed by atoms with E-state index in [0.717, 1.165) is 18.5 Å². The smallest absolute Gasteiger partial charge is 0.242 e. The van der Waals surface area contributed by atoms with Gasteiger partial charge in [0.1, 0.15) is 6.54 Å². The van der Waals surface area contributed by atoms with E-state index in [1.165, 1.54) is 12.8 Å². The lowest BCUT2D eigenvalue weighted by molar-refractivity contribution is -0.122. The Bertz CT molecular complexity index is 377. The zero-order valence-corrected chi connectivity index (χ0v) is 11.9. The van der Waals surface area contributed by atoms with Gasteiger partial charge in [-0.15, -0.1) is 5.10 Å². The molecule has 19 heavy (non-hydrogen) atoms. The second-order valence-corrected chi connectivity index (χ2v) is 4.91. The molecule has 0 aliphatic heterocycles. The summed E-state index contributed by atoms with van der Waals surface area (Å²) in [4.78, 5) is 11.8. The third kappa shape index (κ3) is 6.33. The van der Waals surface area contributed by atoms with Crippen LogP contribution in [0.1, 0.15) is 45.2 Å². The largest absolute Gasteiger partial charge is 0.352 e. The maximum atomic E-state index is 11.8. The predicted molar refractivity (Wildman–Crippen MR) is 74.5 cm³/mol. The van der Waals surface area contributed by atoms with Crippen LogP contribution >= 0.6 is 0 Å². The molecule has 0 aliphatic carbocycles. The average molecular weight is 267 g/mol. The number of nitrogens with zero attached hydrogens (tertiary/aromatic N) is 3. The third-order valence-corrected chi connectivity index (χ3v) is 2.94. The van der Waals surface area contributed by atoms with Crippen molar-refractivity contribution in [1.82, 2.24) is 20.3 Å². The van der Waals surface area contributed by atoms with Gasteiger partial charge in [-0.1, -0.05) is 31.4 Å². The first-order chi connectivity index (χ1) is 9.15. The molecule has 0 spiro atoms. The van der Waals surface area contributed by atoms with E-state index in [0.29, 0.717) is 13.0 Å². The summed E-state index contributed by atoms with van der Waals surface area (Å²) < 4.78 is 1.55. The number of nitrogens with one attached hydrogen (secondary N) is 1. The van der Waals surface area contributed by atoms with E-state index in [-0.39, 0.29) is 18.5 Å². The monoisotopic (exact) mass is 267 g/mol. The lowest BCUT2D eigenvalue weighted by Gasteiger charge is -2.13. The minimum Gasteiger partial charge on any atom is -0.352 e. The lowest BCUT2D eigenvalue weighted by atomic mass is 10.1. The van der Waals surface area contributed by atoms with E-state index in [9.17, 15) is 4.79 Å². The van der Waals surface area contributed by atoms with Crippen LogP contribution in [0.25, 0.3) is 0 Å². The fourth-order valence-corrected chi connectivity index (χ4v) is 1.92. The Hall–Kier alpha value is -1.43. The summed E-state index contributed by atoms with van der Waals surface area (Å²) in [5, 5.41) is 10.8. The van der Waals surface area contributed by atoms with Crippen molar-refractivity contribution in [3.8, 4) is 0 Å². The molecule has 1 heterocycles. The number of hydrogen-bond acceptors (Lipinski definition) is 4. The van der Waals surface area contributed by atoms with Crippen molar-refractivity contribution in [3.05, 3.63) is 11.9 Å². The quantitative estimate of drug-likeness (QED) is 0.650. The number of carbonyl (C=O) groups is 1. The van der Waals surface area contributed by atoms with Crippen molar-refractivity contribution in [3.63, 3.8) is 0 Å². The first-order valence-corrected chi connectivity index (χ1v) is 7.04. The highest BCUT2D eigenvalue weighted by Crippen LogP contribution is 2.02. The van der Waals surface area contributed by atoms with Crippen LogP contribution in [0.3, 0.4) is 0 Å². The Morgan fingerprint density at radius 2 is 2.32 bits per heavy atom. The molecule has 1 amide bonds. The molecule has 6 nitrogen and oxygen atoms in total. The molecule has 108 valence electrons. The molecule has 6 heteroatoms. The van der Waals surface area contributed by atoms with Gasteiger partial charge in [0.05, 0.1) is 5.69 Å². The highest BCUT2D eigenvalue weighted by Gasteiger charge is 2.09. The van der Waals surface area contributed by atoms with E-state index in [1.54, 1.807) is 10.9 Å². The Balaban J connectivity index is 2.29. The first kappa shape index (κ1) is 15.6. The van der Waals surface area contributed by atoms with Crippen LogP contribution in [0.4, 0.5) is 0 Å². The van der Waals surface area contributed by atoms with Crippen molar-refractivity contribution in [1.29, 1.82) is 0 Å². The van der Waals surface area contributed by atoms with Gasteiger partial charge in [0.2, 0.25) is 5.91 Å². The SMILES string of the molecule is CCCCCC(C)NC(=O)Cn1cc(CCN)nn1. The maximum Gasteiger partial charge on any atom is 0.242 e. The molecule has 1 rings (SSSR count). The molecular weight excluding hydrogens is 242 g/mol. The molecule has 0 saturated carbocycles. The van der Waals surface area contributed by atoms with Crippen molar-refractivity contribution in [2.24, 2.45) is 5.73 Å². The van der Waals surface area contributed by atoms with Gasteiger partial charge >= 0.3 is 0 Å². The molecule has 0 radical (unpaired) electrons. The van der Waals surface area contributed by atoms with Crippen molar-refractivity contribution in [2.75, 3.05) is 6.54 Å². The van der Waals surface area contributed by atoms with Crippen LogP contribution in [-0.2, 0) is 17.8 Å². The number of amides is 1. The second-order valence-electron chi connectivity index (χ2n) is 4.91. The molecule has 0 aliphatic rings. The fourth-order valence-electron chi connectivity index (χ4n) is 1.92. The first-order valence-electron chi connectivity index (χ1n) is 7.04. The summed E-state index contributed by atoms with van der Waals surface area (Å²) in [7, 11) is 0. The van der Waals surface area contributed by atoms with Crippen molar-refractivity contribution >= 4 is 5.91 Å². The highest BCUT2D eigenvalue weighted by molar-refractivity contribution is 5.75. The topological polar surface area (TPSA) is 85.8 Å². The molecule has 0 aromatic carbocycles. The maximum absolute atomic E-state index is 11.8. The van der Waals surface area contributed by atoms with Crippen LogP contribution in [0, 0.1) is 0 Å². The summed E-state index contributed by atoms with van der Waals surface area (Å²) in [6.07, 6.45) is 7.05. The zero-order chi connectivity index (χ0) is 14.1. The third-order valence-electron chi connectivity index (χ3n) is 2.94. The second kappa shape index (κ2) is 8.63. The number of unbranched alkanes of at least 4 members (excludes halogenated alkanes) is 2. The Labute approximate surface area is 114 Å². The summed E-state index contributed by atoms with van der Waals surface area (Å²) in [6.45, 7) is 4.97. The number of hydrogen-bond donors (Lipinski definition) is 2. The standard InChI is InChI=1S/C13H25N5O/c1-3-4-5-6-11(2)15-13(19)10-18-9-12(7-8-14)16-17-18/h9,11H,3-8,10,14H2,1-2H3,(H,15,19). The minimum atomic E-state index is -0.0202. The van der Waals surface area contributed by atoms with Gasteiger partial charge < -0.3 is 11.1 Å². The van der Waals surface area contributed by atoms with Crippen LogP contribution in [-0.4, -0.2) is 33.5 Å². The van der Waals surface area contributed by atoms with Crippen LogP contribution < -0.4 is 11.1 Å². The number of rotatable bonds is 9. The number of aromatic nitrogens is 3. The molecule has 0 bridgehead atoms. The van der Waals surface area contributed by atoms with E-state index in [4.69, 9.17) is 5.73 Å². The Morgan fingerprint density at radius 1 is 1.53 bits per heavy atom. The van der Waals surface area contributed by atoms with Gasteiger partial charge in [0.25, 0.3) is 0 Å². The highest BCUT2D eigenvalue weighted by atomic mass is 16.2. The van der Waals surface area contributed by atoms with Crippen LogP contribution in [0.15, 0.2) is 6.20 Å². The van der Waals surface area contributed by atoms with Gasteiger partial charge in [-0.3, -0.25) is 4.79 Å². The van der Waals surface area contributed by atoms with Gasteiger partial charge in [0, 0.05) is 18.7 Å². The lowest BCUT2D eigenvalue weighted by Crippen LogP contribution is -2.35. The van der Waals surface area contributed by atoms with Gasteiger partial charge in [-0.2, -0.15) is 0 Å². The van der Waals surface area contributed by atoms with Gasteiger partial charge in [-0.05, 0) is 19.9 Å². The molecule has 1 atom stereocenters. The van der Waals surface area contributed by atoms with Crippen LogP contribution in [0.5, 0.6) is 0 Å². The number of carbonyl (C=O) groups excluding carboxylic acids is 1. The molecule has 0 saturated heterocycles. The molecule has 1 aromatic heterocycles. The summed E-state index contributed by atoms with van der Waals surface area (Å²) >= 11 is 0. The zero-order valence-electron chi connectivity index (χ0n) is 11.9. The van der Waals surface area contributed by atoms with E-state index in [2.05, 4.69) is 22.6 Å². The van der Waals surface area contributed by atoms with Gasteiger partial charge in [-0.25, -0.2) is 4.68 Å². The molecule has 1 aromatic rings. The van der Waals surface area contributed by atoms with E-state index < -0.39 is 0 Å². The van der Waals surface area contributed by atoms with E-state index >= 15 is 0 Å². The average Bonchev–Trinajstić information content (AvgIpc) is 2.77. The van der Waals surface area contributed by atoms with Crippen LogP contribution in [0.2, 0.25) is 0 Å². The molecule has 3 N–H and O–H groups in total. The van der Waals surface area contributed by atoms with Gasteiger partial charge in [0.15, 0.2) is 0 Å². The fraction of sp³-hybridized carbons (Fsp3) is 0.769. The summed E-state index contributed by atoms with van der Waals surface area (Å²) in [5.41, 5.74) is 6.26. The Morgan fingerprint density at radius 3 is 3.00 bits per heavy atom. The van der Waals surface area contributed by atoms with Crippen molar-refractivity contribution in [2.45, 2.75) is 58.5 Å². The Kier molecular flexibility index (Phi) is 7.10. The molecular formula is C13H25N5O. The van der Waals surface area contributed by atoms with E-state index in [1.807, 2.05) is 6.92 Å². The molecule has 0 fully saturated rings. The summed E-state index contributed by atoms with van der Waals surface area (Å²) in [5.74, 6) is -0.0202. The number of nitrogens with two attached hydrogens (primary N) is 1. The predicted octanol–water partition coefficient (Wildman–Crippen LogP) is 0.864. The van der Waals surface area contributed by atoms with Crippen molar-refractivity contribution < 1.29 is 4.79 Å². The minimum absolute atomic E-state index is 0.0202. The summed E-state index contributed by atoms with van der Waals surface area (Å²) in [6, 6.07) is 0.214. The normalized spacial score (nSPS) is 12.4.